The summed E-state index contributed by atoms with van der Waals surface area (Å²) in [7, 11) is 0. The Labute approximate surface area is 197 Å². The molecular weight excluding hydrogens is 420 g/mol. The van der Waals surface area contributed by atoms with Gasteiger partial charge in [-0.1, -0.05) is 50.6 Å². The minimum absolute atomic E-state index is 0.0134. The number of nitrogens with zero attached hydrogens (tertiary/aromatic N) is 3. The molecule has 2 heterocycles. The van der Waals surface area contributed by atoms with Gasteiger partial charge in [0, 0.05) is 39.3 Å². The van der Waals surface area contributed by atoms with Crippen LogP contribution in [0.2, 0.25) is 0 Å². The van der Waals surface area contributed by atoms with E-state index in [2.05, 4.69) is 10.2 Å². The summed E-state index contributed by atoms with van der Waals surface area (Å²) in [6.45, 7) is 8.71. The predicted octanol–water partition coefficient (Wildman–Crippen LogP) is 2.48. The molecule has 1 aromatic carbocycles. The number of carbonyl (C=O) groups excluding carboxylic acids is 3. The molecule has 3 amide bonds. The van der Waals surface area contributed by atoms with E-state index in [0.717, 1.165) is 37.9 Å². The van der Waals surface area contributed by atoms with Crippen molar-refractivity contribution in [1.82, 2.24) is 20.0 Å². The van der Waals surface area contributed by atoms with Crippen molar-refractivity contribution in [2.24, 2.45) is 5.92 Å². The molecule has 182 valence electrons. The van der Waals surface area contributed by atoms with Crippen LogP contribution in [-0.4, -0.2) is 84.5 Å². The zero-order chi connectivity index (χ0) is 23.6. The summed E-state index contributed by atoms with van der Waals surface area (Å²) in [5.74, 6) is 0.0956. The summed E-state index contributed by atoms with van der Waals surface area (Å²) < 4.78 is 5.34. The van der Waals surface area contributed by atoms with E-state index in [1.165, 1.54) is 6.42 Å². The molecule has 2 atom stereocenters. The van der Waals surface area contributed by atoms with Crippen LogP contribution in [0, 0.1) is 5.92 Å². The van der Waals surface area contributed by atoms with Gasteiger partial charge in [-0.15, -0.1) is 0 Å². The van der Waals surface area contributed by atoms with Crippen molar-refractivity contribution in [3.63, 3.8) is 0 Å². The Morgan fingerprint density at radius 3 is 2.24 bits per heavy atom. The molecule has 2 fully saturated rings. The maximum Gasteiger partial charge on any atom is 0.408 e. The highest BCUT2D eigenvalue weighted by molar-refractivity contribution is 5.86. The van der Waals surface area contributed by atoms with Crippen LogP contribution in [0.25, 0.3) is 0 Å². The van der Waals surface area contributed by atoms with Gasteiger partial charge >= 0.3 is 6.09 Å². The Morgan fingerprint density at radius 2 is 1.61 bits per heavy atom. The lowest BCUT2D eigenvalue weighted by atomic mass is 9.97. The smallest absolute Gasteiger partial charge is 0.408 e. The van der Waals surface area contributed by atoms with E-state index in [4.69, 9.17) is 4.74 Å². The third kappa shape index (κ3) is 7.45. The predicted molar refractivity (Wildman–Crippen MR) is 126 cm³/mol. The van der Waals surface area contributed by atoms with Crippen LogP contribution in [0.1, 0.15) is 45.1 Å². The van der Waals surface area contributed by atoms with Gasteiger partial charge in [-0.25, -0.2) is 4.79 Å². The van der Waals surface area contributed by atoms with E-state index in [1.54, 1.807) is 4.90 Å². The number of hydrogen-bond acceptors (Lipinski definition) is 5. The van der Waals surface area contributed by atoms with Gasteiger partial charge in [-0.2, -0.15) is 0 Å². The van der Waals surface area contributed by atoms with Crippen LogP contribution in [0.5, 0.6) is 0 Å². The SMILES string of the molecule is CC[C@H](C)[C@H](NC(=O)OCc1ccccc1)C(=O)N1CCN(CC(=O)N2CCCCC2)CC1. The van der Waals surface area contributed by atoms with Gasteiger partial charge in [0.2, 0.25) is 11.8 Å². The lowest BCUT2D eigenvalue weighted by Gasteiger charge is -2.38. The van der Waals surface area contributed by atoms with Crippen molar-refractivity contribution < 1.29 is 19.1 Å². The molecule has 33 heavy (non-hydrogen) atoms. The summed E-state index contributed by atoms with van der Waals surface area (Å²) in [4.78, 5) is 44.1. The number of piperidine rings is 1. The van der Waals surface area contributed by atoms with Gasteiger partial charge in [0.1, 0.15) is 12.6 Å². The van der Waals surface area contributed by atoms with Crippen molar-refractivity contribution in [3.05, 3.63) is 35.9 Å². The molecule has 0 spiro atoms. The highest BCUT2D eigenvalue weighted by Gasteiger charge is 2.32. The zero-order valence-electron chi connectivity index (χ0n) is 20.0. The van der Waals surface area contributed by atoms with Crippen molar-refractivity contribution in [2.75, 3.05) is 45.8 Å². The summed E-state index contributed by atoms with van der Waals surface area (Å²) in [5, 5.41) is 2.79. The average molecular weight is 459 g/mol. The molecule has 1 N–H and O–H groups in total. The third-order valence-corrected chi connectivity index (χ3v) is 6.72. The number of hydrogen-bond donors (Lipinski definition) is 1. The Balaban J connectivity index is 1.48. The summed E-state index contributed by atoms with van der Waals surface area (Å²) in [6.07, 6.45) is 3.57. The molecule has 8 nitrogen and oxygen atoms in total. The Kier molecular flexibility index (Phi) is 9.54. The number of likely N-dealkylation sites (tertiary alicyclic amines) is 1. The number of ether oxygens (including phenoxy) is 1. The van der Waals surface area contributed by atoms with E-state index >= 15 is 0 Å². The quantitative estimate of drug-likeness (QED) is 0.647. The van der Waals surface area contributed by atoms with E-state index < -0.39 is 12.1 Å². The standard InChI is InChI=1S/C25H38N4O4/c1-3-20(2)23(26-25(32)33-19-21-10-6-4-7-11-21)24(31)29-16-14-27(15-17-29)18-22(30)28-12-8-5-9-13-28/h4,6-7,10-11,20,23H,3,5,8-9,12-19H2,1-2H3,(H,26,32)/t20-,23-/m0/s1. The lowest BCUT2D eigenvalue weighted by Crippen LogP contribution is -2.57. The zero-order valence-corrected chi connectivity index (χ0v) is 20.0. The molecule has 2 aliphatic rings. The first-order valence-electron chi connectivity index (χ1n) is 12.2. The number of nitrogens with one attached hydrogen (secondary N) is 1. The van der Waals surface area contributed by atoms with Crippen LogP contribution in [0.15, 0.2) is 30.3 Å². The molecule has 0 bridgehead atoms. The summed E-state index contributed by atoms with van der Waals surface area (Å²) in [6, 6.07) is 8.84. The van der Waals surface area contributed by atoms with E-state index in [9.17, 15) is 14.4 Å². The van der Waals surface area contributed by atoms with E-state index in [1.807, 2.05) is 49.1 Å². The molecule has 2 aliphatic heterocycles. The van der Waals surface area contributed by atoms with Gasteiger partial charge in [0.15, 0.2) is 0 Å². The first-order valence-corrected chi connectivity index (χ1v) is 12.2. The van der Waals surface area contributed by atoms with Crippen LogP contribution in [0.4, 0.5) is 4.79 Å². The summed E-state index contributed by atoms with van der Waals surface area (Å²) >= 11 is 0. The fourth-order valence-corrected chi connectivity index (χ4v) is 4.33. The highest BCUT2D eigenvalue weighted by atomic mass is 16.5. The highest BCUT2D eigenvalue weighted by Crippen LogP contribution is 2.15. The number of piperazine rings is 1. The van der Waals surface area contributed by atoms with Crippen molar-refractivity contribution in [3.8, 4) is 0 Å². The first-order chi connectivity index (χ1) is 16.0. The molecule has 0 saturated carbocycles. The number of alkyl carbamates (subject to hydrolysis) is 1. The molecule has 8 heteroatoms. The number of rotatable bonds is 8. The minimum atomic E-state index is -0.625. The van der Waals surface area contributed by atoms with Crippen LogP contribution >= 0.6 is 0 Å². The third-order valence-electron chi connectivity index (χ3n) is 6.72. The Bertz CT molecular complexity index is 774. The van der Waals surface area contributed by atoms with E-state index in [-0.39, 0.29) is 24.3 Å². The van der Waals surface area contributed by atoms with Crippen molar-refractivity contribution >= 4 is 17.9 Å². The monoisotopic (exact) mass is 458 g/mol. The minimum Gasteiger partial charge on any atom is -0.445 e. The second kappa shape index (κ2) is 12.6. The average Bonchev–Trinajstić information content (AvgIpc) is 2.86. The fraction of sp³-hybridized carbons (Fsp3) is 0.640. The maximum atomic E-state index is 13.2. The topological polar surface area (TPSA) is 82.2 Å². The second-order valence-electron chi connectivity index (χ2n) is 9.11. The molecule has 2 saturated heterocycles. The molecule has 0 aliphatic carbocycles. The largest absolute Gasteiger partial charge is 0.445 e. The first kappa shape index (κ1) is 25.0. The number of carbonyl (C=O) groups is 3. The number of amides is 3. The van der Waals surface area contributed by atoms with Gasteiger partial charge in [0.25, 0.3) is 0 Å². The van der Waals surface area contributed by atoms with Gasteiger partial charge in [0.05, 0.1) is 6.54 Å². The molecular formula is C25H38N4O4. The Morgan fingerprint density at radius 1 is 0.939 bits per heavy atom. The summed E-state index contributed by atoms with van der Waals surface area (Å²) in [5.41, 5.74) is 0.897. The van der Waals surface area contributed by atoms with Crippen LogP contribution < -0.4 is 5.32 Å². The van der Waals surface area contributed by atoms with Gasteiger partial charge in [-0.3, -0.25) is 14.5 Å². The molecule has 0 unspecified atom stereocenters. The van der Waals surface area contributed by atoms with Crippen molar-refractivity contribution in [1.29, 1.82) is 0 Å². The van der Waals surface area contributed by atoms with Gasteiger partial charge < -0.3 is 19.9 Å². The molecule has 3 rings (SSSR count). The number of benzene rings is 1. The lowest BCUT2D eigenvalue weighted by molar-refractivity contribution is -0.137. The van der Waals surface area contributed by atoms with Crippen molar-refractivity contribution in [2.45, 2.75) is 52.2 Å². The molecule has 0 aromatic heterocycles. The van der Waals surface area contributed by atoms with Gasteiger partial charge in [-0.05, 0) is 30.7 Å². The van der Waals surface area contributed by atoms with E-state index in [0.29, 0.717) is 32.7 Å². The second-order valence-corrected chi connectivity index (χ2v) is 9.11. The van der Waals surface area contributed by atoms with Crippen LogP contribution in [0.3, 0.4) is 0 Å². The maximum absolute atomic E-state index is 13.2. The normalized spacial score (nSPS) is 19.0. The Hall–Kier alpha value is -2.61. The molecule has 1 aromatic rings. The molecule has 0 radical (unpaired) electrons. The van der Waals surface area contributed by atoms with Crippen LogP contribution in [-0.2, 0) is 20.9 Å². The fourth-order valence-electron chi connectivity index (χ4n) is 4.33.